The first-order valence-corrected chi connectivity index (χ1v) is 5.58. The number of nitrogens with two attached hydrogens (primary N) is 1. The number of hydrogen-bond donors (Lipinski definition) is 2. The first-order chi connectivity index (χ1) is 8.06. The molecule has 0 unspecified atom stereocenters. The summed E-state index contributed by atoms with van der Waals surface area (Å²) >= 11 is 0. The maximum absolute atomic E-state index is 5.73. The van der Waals surface area contributed by atoms with E-state index in [1.54, 1.807) is 7.11 Å². The number of rotatable bonds is 5. The highest BCUT2D eigenvalue weighted by molar-refractivity contribution is 14.0. The minimum absolute atomic E-state index is 0. The van der Waals surface area contributed by atoms with Crippen LogP contribution >= 0.6 is 24.0 Å². The minimum Gasteiger partial charge on any atom is -0.383 e. The number of hydrogen-bond acceptors (Lipinski definition) is 3. The molecule has 7 heteroatoms. The van der Waals surface area contributed by atoms with Gasteiger partial charge in [-0.3, -0.25) is 4.68 Å². The fraction of sp³-hybridized carbons (Fsp3) is 0.636. The van der Waals surface area contributed by atoms with Gasteiger partial charge in [0.2, 0.25) is 0 Å². The standard InChI is InChI=1S/C11H21N5O.HI/c1-8-10(9(2)16(3)15-8)7-14-11(12)13-5-6-17-4;/h5-7H2,1-4H3,(H3,12,13,14);1H. The molecule has 0 aliphatic carbocycles. The average molecular weight is 367 g/mol. The Kier molecular flexibility index (Phi) is 7.92. The average Bonchev–Trinajstić information content (AvgIpc) is 2.51. The van der Waals surface area contributed by atoms with Crippen LogP contribution in [0.1, 0.15) is 17.0 Å². The van der Waals surface area contributed by atoms with E-state index in [4.69, 9.17) is 10.5 Å². The second-order valence-corrected chi connectivity index (χ2v) is 3.89. The van der Waals surface area contributed by atoms with Crippen LogP contribution in [-0.4, -0.2) is 36.0 Å². The van der Waals surface area contributed by atoms with Crippen molar-refractivity contribution in [2.24, 2.45) is 17.8 Å². The number of guanidine groups is 1. The van der Waals surface area contributed by atoms with Crippen molar-refractivity contribution in [2.45, 2.75) is 20.4 Å². The molecular weight excluding hydrogens is 345 g/mol. The zero-order valence-corrected chi connectivity index (χ0v) is 13.7. The van der Waals surface area contributed by atoms with Gasteiger partial charge in [0.25, 0.3) is 0 Å². The van der Waals surface area contributed by atoms with Gasteiger partial charge in [0, 0.05) is 32.0 Å². The van der Waals surface area contributed by atoms with Gasteiger partial charge < -0.3 is 15.8 Å². The van der Waals surface area contributed by atoms with Crippen molar-refractivity contribution in [3.05, 3.63) is 17.0 Å². The molecule has 0 saturated heterocycles. The molecule has 0 saturated carbocycles. The Hall–Kier alpha value is -0.830. The van der Waals surface area contributed by atoms with Gasteiger partial charge in [0.05, 0.1) is 18.8 Å². The molecule has 0 fully saturated rings. The van der Waals surface area contributed by atoms with Crippen molar-refractivity contribution in [2.75, 3.05) is 20.3 Å². The van der Waals surface area contributed by atoms with Crippen molar-refractivity contribution in [3.8, 4) is 0 Å². The molecule has 6 nitrogen and oxygen atoms in total. The number of aliphatic imine (C=N–C) groups is 1. The van der Waals surface area contributed by atoms with Gasteiger partial charge in [-0.15, -0.1) is 24.0 Å². The molecule has 3 N–H and O–H groups in total. The van der Waals surface area contributed by atoms with Crippen molar-refractivity contribution in [1.82, 2.24) is 15.1 Å². The van der Waals surface area contributed by atoms with Crippen LogP contribution in [0.3, 0.4) is 0 Å². The van der Waals surface area contributed by atoms with E-state index in [0.717, 1.165) is 17.0 Å². The lowest BCUT2D eigenvalue weighted by Crippen LogP contribution is -2.34. The van der Waals surface area contributed by atoms with Gasteiger partial charge in [-0.2, -0.15) is 5.10 Å². The lowest BCUT2D eigenvalue weighted by molar-refractivity contribution is 0.204. The lowest BCUT2D eigenvalue weighted by atomic mass is 10.2. The van der Waals surface area contributed by atoms with Crippen LogP contribution in [0.2, 0.25) is 0 Å². The highest BCUT2D eigenvalue weighted by Gasteiger charge is 2.08. The molecule has 1 aromatic rings. The van der Waals surface area contributed by atoms with E-state index in [0.29, 0.717) is 25.7 Å². The smallest absolute Gasteiger partial charge is 0.189 e. The Balaban J connectivity index is 0.00000289. The number of ether oxygens (including phenoxy) is 1. The summed E-state index contributed by atoms with van der Waals surface area (Å²) in [6.07, 6.45) is 0. The van der Waals surface area contributed by atoms with E-state index in [9.17, 15) is 0 Å². The van der Waals surface area contributed by atoms with Crippen LogP contribution in [0.4, 0.5) is 0 Å². The van der Waals surface area contributed by atoms with Crippen molar-refractivity contribution < 1.29 is 4.74 Å². The zero-order valence-electron chi connectivity index (χ0n) is 11.4. The summed E-state index contributed by atoms with van der Waals surface area (Å²) in [5.74, 6) is 0.435. The molecule has 0 aliphatic heterocycles. The van der Waals surface area contributed by atoms with E-state index >= 15 is 0 Å². The van der Waals surface area contributed by atoms with Gasteiger partial charge in [-0.1, -0.05) is 0 Å². The molecule has 0 aromatic carbocycles. The van der Waals surface area contributed by atoms with Gasteiger partial charge >= 0.3 is 0 Å². The van der Waals surface area contributed by atoms with Crippen molar-refractivity contribution in [1.29, 1.82) is 0 Å². The molecule has 0 bridgehead atoms. The molecule has 0 aliphatic rings. The summed E-state index contributed by atoms with van der Waals surface area (Å²) in [6.45, 7) is 5.83. The monoisotopic (exact) mass is 367 g/mol. The quantitative estimate of drug-likeness (QED) is 0.348. The topological polar surface area (TPSA) is 77.5 Å². The Labute approximate surface area is 125 Å². The predicted molar refractivity (Wildman–Crippen MR) is 83.3 cm³/mol. The molecule has 0 atom stereocenters. The van der Waals surface area contributed by atoms with Gasteiger partial charge in [-0.05, 0) is 13.8 Å². The summed E-state index contributed by atoms with van der Waals surface area (Å²) < 4.78 is 6.77. The van der Waals surface area contributed by atoms with Crippen LogP contribution in [0, 0.1) is 13.8 Å². The van der Waals surface area contributed by atoms with Crippen LogP contribution in [-0.2, 0) is 18.3 Å². The second-order valence-electron chi connectivity index (χ2n) is 3.89. The number of methoxy groups -OCH3 is 1. The van der Waals surface area contributed by atoms with Gasteiger partial charge in [0.1, 0.15) is 0 Å². The first-order valence-electron chi connectivity index (χ1n) is 5.58. The summed E-state index contributed by atoms with van der Waals surface area (Å²) in [5.41, 5.74) is 8.97. The van der Waals surface area contributed by atoms with Crippen LogP contribution in [0.15, 0.2) is 4.99 Å². The second kappa shape index (κ2) is 8.30. The summed E-state index contributed by atoms with van der Waals surface area (Å²) in [6, 6.07) is 0. The third-order valence-electron chi connectivity index (χ3n) is 2.68. The highest BCUT2D eigenvalue weighted by atomic mass is 127. The van der Waals surface area contributed by atoms with Crippen LogP contribution in [0.5, 0.6) is 0 Å². The Morgan fingerprint density at radius 2 is 2.17 bits per heavy atom. The molecule has 0 radical (unpaired) electrons. The fourth-order valence-corrected chi connectivity index (χ4v) is 1.55. The first kappa shape index (κ1) is 17.2. The number of nitrogens with one attached hydrogen (secondary N) is 1. The van der Waals surface area contributed by atoms with Crippen LogP contribution < -0.4 is 11.1 Å². The molecule has 1 aromatic heterocycles. The third kappa shape index (κ3) is 4.81. The predicted octanol–water partition coefficient (Wildman–Crippen LogP) is 0.706. The number of nitrogens with zero attached hydrogens (tertiary/aromatic N) is 3. The lowest BCUT2D eigenvalue weighted by Gasteiger charge is -2.04. The van der Waals surface area contributed by atoms with E-state index < -0.39 is 0 Å². The maximum Gasteiger partial charge on any atom is 0.189 e. The summed E-state index contributed by atoms with van der Waals surface area (Å²) in [5, 5.41) is 7.31. The molecule has 18 heavy (non-hydrogen) atoms. The normalized spacial score (nSPS) is 11.2. The van der Waals surface area contributed by atoms with Crippen LogP contribution in [0.25, 0.3) is 0 Å². The number of aryl methyl sites for hydroxylation is 2. The van der Waals surface area contributed by atoms with Gasteiger partial charge in [-0.25, -0.2) is 4.99 Å². The highest BCUT2D eigenvalue weighted by Crippen LogP contribution is 2.12. The molecule has 1 rings (SSSR count). The van der Waals surface area contributed by atoms with E-state index in [1.165, 1.54) is 0 Å². The van der Waals surface area contributed by atoms with Gasteiger partial charge in [0.15, 0.2) is 5.96 Å². The molecular formula is C11H22IN5O. The van der Waals surface area contributed by atoms with E-state index in [1.807, 2.05) is 25.6 Å². The van der Waals surface area contributed by atoms with E-state index in [-0.39, 0.29) is 24.0 Å². The molecule has 104 valence electrons. The minimum atomic E-state index is 0. The van der Waals surface area contributed by atoms with E-state index in [2.05, 4.69) is 15.4 Å². The molecule has 0 amide bonds. The third-order valence-corrected chi connectivity index (χ3v) is 2.68. The SMILES string of the molecule is COCCNC(N)=NCc1c(C)nn(C)c1C.I. The zero-order chi connectivity index (χ0) is 12.8. The maximum atomic E-state index is 5.73. The Morgan fingerprint density at radius 3 is 2.67 bits per heavy atom. The van der Waals surface area contributed by atoms with Crippen molar-refractivity contribution in [3.63, 3.8) is 0 Å². The largest absolute Gasteiger partial charge is 0.383 e. The summed E-state index contributed by atoms with van der Waals surface area (Å²) in [7, 11) is 3.58. The molecule has 1 heterocycles. The number of aromatic nitrogens is 2. The number of halogens is 1. The van der Waals surface area contributed by atoms with Crippen molar-refractivity contribution >= 4 is 29.9 Å². The Morgan fingerprint density at radius 1 is 1.50 bits per heavy atom. The molecule has 0 spiro atoms. The fourth-order valence-electron chi connectivity index (χ4n) is 1.55. The summed E-state index contributed by atoms with van der Waals surface area (Å²) in [4.78, 5) is 4.28. The Bertz CT molecular complexity index is 402.